The highest BCUT2D eigenvalue weighted by Crippen LogP contribution is 2.17. The molecule has 1 atom stereocenters. The summed E-state index contributed by atoms with van der Waals surface area (Å²) in [5.41, 5.74) is 1.15. The molecule has 0 aliphatic heterocycles. The molecule has 2 heterocycles. The molecule has 0 spiro atoms. The van der Waals surface area contributed by atoms with E-state index in [1.165, 1.54) is 0 Å². The summed E-state index contributed by atoms with van der Waals surface area (Å²) in [4.78, 5) is 4.03. The molecule has 0 aromatic carbocycles. The van der Waals surface area contributed by atoms with Crippen LogP contribution in [0.3, 0.4) is 0 Å². The number of nitrogens with one attached hydrogen (secondary N) is 1. The average Bonchev–Trinajstić information content (AvgIpc) is 2.97. The molecule has 0 fully saturated rings. The lowest BCUT2D eigenvalue weighted by Crippen LogP contribution is -2.32. The van der Waals surface area contributed by atoms with Crippen molar-refractivity contribution in [2.24, 2.45) is 0 Å². The second-order valence-corrected chi connectivity index (χ2v) is 5.35. The summed E-state index contributed by atoms with van der Waals surface area (Å²) in [6.07, 6.45) is 9.25. The van der Waals surface area contributed by atoms with Crippen molar-refractivity contribution in [3.63, 3.8) is 0 Å². The number of aromatic nitrogens is 1. The van der Waals surface area contributed by atoms with Crippen LogP contribution in [0.25, 0.3) is 0 Å². The van der Waals surface area contributed by atoms with Crippen LogP contribution in [0.2, 0.25) is 5.02 Å². The molecule has 2 rings (SSSR count). The molecule has 0 bridgehead atoms. The monoisotopic (exact) mass is 292 g/mol. The van der Waals surface area contributed by atoms with E-state index in [9.17, 15) is 0 Å². The largest absolute Gasteiger partial charge is 0.469 e. The molecular formula is C16H21ClN2O. The van der Waals surface area contributed by atoms with Gasteiger partial charge in [-0.1, -0.05) is 18.5 Å². The normalized spacial score (nSPS) is 12.5. The van der Waals surface area contributed by atoms with Gasteiger partial charge in [0.15, 0.2) is 0 Å². The van der Waals surface area contributed by atoms with Crippen LogP contribution in [0.15, 0.2) is 41.3 Å². The van der Waals surface area contributed by atoms with Gasteiger partial charge >= 0.3 is 0 Å². The fraction of sp³-hybridized carbons (Fsp3) is 0.438. The van der Waals surface area contributed by atoms with Crippen LogP contribution < -0.4 is 5.32 Å². The first-order valence-corrected chi connectivity index (χ1v) is 7.51. The Kier molecular flexibility index (Phi) is 6.09. The summed E-state index contributed by atoms with van der Waals surface area (Å²) in [6.45, 7) is 3.20. The molecule has 1 N–H and O–H groups in total. The quantitative estimate of drug-likeness (QED) is 0.802. The summed E-state index contributed by atoms with van der Waals surface area (Å²) >= 11 is 6.19. The molecule has 0 amide bonds. The molecule has 4 heteroatoms. The zero-order valence-corrected chi connectivity index (χ0v) is 12.6. The van der Waals surface area contributed by atoms with Gasteiger partial charge in [-0.2, -0.15) is 0 Å². The maximum Gasteiger partial charge on any atom is 0.103 e. The maximum absolute atomic E-state index is 6.19. The molecule has 3 nitrogen and oxygen atoms in total. The van der Waals surface area contributed by atoms with Crippen LogP contribution in [0.5, 0.6) is 0 Å². The molecule has 1 unspecified atom stereocenters. The molecule has 0 aliphatic rings. The first-order valence-electron chi connectivity index (χ1n) is 7.13. The van der Waals surface area contributed by atoms with Crippen molar-refractivity contribution in [3.05, 3.63) is 53.2 Å². The second-order valence-electron chi connectivity index (χ2n) is 4.94. The van der Waals surface area contributed by atoms with Gasteiger partial charge < -0.3 is 9.73 Å². The third kappa shape index (κ3) is 4.66. The first-order chi connectivity index (χ1) is 9.79. The lowest BCUT2D eigenvalue weighted by Gasteiger charge is -2.18. The van der Waals surface area contributed by atoms with Crippen LogP contribution in [-0.4, -0.2) is 17.6 Å². The molecule has 2 aromatic rings. The summed E-state index contributed by atoms with van der Waals surface area (Å²) in [7, 11) is 0. The lowest BCUT2D eigenvalue weighted by molar-refractivity contribution is 0.441. The summed E-state index contributed by atoms with van der Waals surface area (Å²) in [6, 6.07) is 6.36. The summed E-state index contributed by atoms with van der Waals surface area (Å²) in [5, 5.41) is 4.33. The third-order valence-corrected chi connectivity index (χ3v) is 3.67. The number of furan rings is 1. The van der Waals surface area contributed by atoms with E-state index >= 15 is 0 Å². The predicted molar refractivity (Wildman–Crippen MR) is 82.1 cm³/mol. The number of nitrogens with zero attached hydrogens (tertiary/aromatic N) is 1. The highest BCUT2D eigenvalue weighted by Gasteiger charge is 2.12. The third-order valence-electron chi connectivity index (χ3n) is 3.33. The van der Waals surface area contributed by atoms with Crippen LogP contribution in [0.4, 0.5) is 0 Å². The number of hydrogen-bond acceptors (Lipinski definition) is 3. The van der Waals surface area contributed by atoms with Gasteiger partial charge in [0.05, 0.1) is 11.3 Å². The molecule has 0 saturated heterocycles. The molecule has 0 radical (unpaired) electrons. The van der Waals surface area contributed by atoms with E-state index in [0.717, 1.165) is 48.6 Å². The van der Waals surface area contributed by atoms with E-state index in [0.29, 0.717) is 6.04 Å². The topological polar surface area (TPSA) is 38.1 Å². The van der Waals surface area contributed by atoms with Gasteiger partial charge in [-0.25, -0.2) is 0 Å². The number of halogens is 1. The number of hydrogen-bond donors (Lipinski definition) is 1. The molecule has 108 valence electrons. The molecule has 20 heavy (non-hydrogen) atoms. The van der Waals surface area contributed by atoms with Crippen LogP contribution in [-0.2, 0) is 12.8 Å². The first kappa shape index (κ1) is 15.1. The minimum atomic E-state index is 0.403. The van der Waals surface area contributed by atoms with Gasteiger partial charge in [0.1, 0.15) is 5.76 Å². The Balaban J connectivity index is 1.94. The van der Waals surface area contributed by atoms with Gasteiger partial charge in [-0.05, 0) is 49.6 Å². The second kappa shape index (κ2) is 8.08. The van der Waals surface area contributed by atoms with Crippen LogP contribution in [0.1, 0.15) is 31.1 Å². The van der Waals surface area contributed by atoms with Gasteiger partial charge in [-0.15, -0.1) is 0 Å². The number of rotatable bonds is 8. The van der Waals surface area contributed by atoms with Crippen molar-refractivity contribution < 1.29 is 4.42 Å². The Hall–Kier alpha value is -1.32. The highest BCUT2D eigenvalue weighted by atomic mass is 35.5. The predicted octanol–water partition coefficient (Wildman–Crippen LogP) is 3.87. The maximum atomic E-state index is 6.19. The van der Waals surface area contributed by atoms with Crippen molar-refractivity contribution in [1.82, 2.24) is 10.3 Å². The van der Waals surface area contributed by atoms with Crippen LogP contribution in [0, 0.1) is 0 Å². The van der Waals surface area contributed by atoms with E-state index in [-0.39, 0.29) is 0 Å². The smallest absolute Gasteiger partial charge is 0.103 e. The van der Waals surface area contributed by atoms with Crippen molar-refractivity contribution in [2.45, 2.75) is 38.6 Å². The average molecular weight is 293 g/mol. The van der Waals surface area contributed by atoms with E-state index < -0.39 is 0 Å². The summed E-state index contributed by atoms with van der Waals surface area (Å²) < 4.78 is 5.40. The van der Waals surface area contributed by atoms with Crippen molar-refractivity contribution >= 4 is 11.6 Å². The van der Waals surface area contributed by atoms with Crippen molar-refractivity contribution in [1.29, 1.82) is 0 Å². The Labute approximate surface area is 125 Å². The Morgan fingerprint density at radius 1 is 1.40 bits per heavy atom. The SMILES string of the molecule is CCCNC(CCc1ccco1)Cc1ccncc1Cl. The molecule has 0 aliphatic carbocycles. The number of pyridine rings is 1. The van der Waals surface area contributed by atoms with Gasteiger partial charge in [-0.3, -0.25) is 4.98 Å². The Morgan fingerprint density at radius 2 is 2.30 bits per heavy atom. The minimum absolute atomic E-state index is 0.403. The fourth-order valence-electron chi connectivity index (χ4n) is 2.23. The minimum Gasteiger partial charge on any atom is -0.469 e. The Morgan fingerprint density at radius 3 is 3.00 bits per heavy atom. The van der Waals surface area contributed by atoms with Gasteiger partial charge in [0.25, 0.3) is 0 Å². The zero-order chi connectivity index (χ0) is 14.2. The van der Waals surface area contributed by atoms with E-state index in [1.54, 1.807) is 18.7 Å². The fourth-order valence-corrected chi connectivity index (χ4v) is 2.43. The standard InChI is InChI=1S/C16H21ClN2O/c1-2-8-19-14(5-6-15-4-3-10-20-15)11-13-7-9-18-12-16(13)17/h3-4,7,9-10,12,14,19H,2,5-6,8,11H2,1H3. The van der Waals surface area contributed by atoms with Crippen molar-refractivity contribution in [2.75, 3.05) is 6.54 Å². The van der Waals surface area contributed by atoms with E-state index in [1.807, 2.05) is 18.2 Å². The van der Waals surface area contributed by atoms with Crippen molar-refractivity contribution in [3.8, 4) is 0 Å². The zero-order valence-electron chi connectivity index (χ0n) is 11.8. The molecule has 0 saturated carbocycles. The highest BCUT2D eigenvalue weighted by molar-refractivity contribution is 6.31. The van der Waals surface area contributed by atoms with E-state index in [4.69, 9.17) is 16.0 Å². The molecular weight excluding hydrogens is 272 g/mol. The van der Waals surface area contributed by atoms with E-state index in [2.05, 4.69) is 17.2 Å². The lowest BCUT2D eigenvalue weighted by atomic mass is 10.0. The molecule has 2 aromatic heterocycles. The Bertz CT molecular complexity index is 499. The number of aryl methyl sites for hydroxylation is 1. The summed E-state index contributed by atoms with van der Waals surface area (Å²) in [5.74, 6) is 1.04. The van der Waals surface area contributed by atoms with Crippen LogP contribution >= 0.6 is 11.6 Å². The van der Waals surface area contributed by atoms with Gasteiger partial charge in [0, 0.05) is 24.9 Å². The van der Waals surface area contributed by atoms with Gasteiger partial charge in [0.2, 0.25) is 0 Å².